The van der Waals surface area contributed by atoms with Gasteiger partial charge >= 0.3 is 0 Å². The highest BCUT2D eigenvalue weighted by atomic mass is 32.1. The number of imidazole rings is 1. The molecular weight excluding hydrogens is 258 g/mol. The first kappa shape index (κ1) is 11.9. The number of aryl methyl sites for hydroxylation is 1. The molecule has 5 heteroatoms. The van der Waals surface area contributed by atoms with Crippen LogP contribution in [0.4, 0.5) is 5.82 Å². The highest BCUT2D eigenvalue weighted by molar-refractivity contribution is 7.15. The largest absolute Gasteiger partial charge is 0.310 e. The first-order valence-electron chi connectivity index (χ1n) is 5.95. The number of aromatic nitrogens is 2. The number of nitrogens with zero attached hydrogens (tertiary/aromatic N) is 2. The third kappa shape index (κ3) is 2.13. The van der Waals surface area contributed by atoms with E-state index in [1.807, 2.05) is 47.2 Å². The van der Waals surface area contributed by atoms with Gasteiger partial charge in [0.15, 0.2) is 4.96 Å². The maximum atomic E-state index is 11.4. The second kappa shape index (κ2) is 4.51. The van der Waals surface area contributed by atoms with E-state index in [-0.39, 0.29) is 5.91 Å². The van der Waals surface area contributed by atoms with Crippen LogP contribution in [0, 0.1) is 6.92 Å². The molecular formula is C14H13N3OS. The Morgan fingerprint density at radius 1 is 1.32 bits per heavy atom. The fraction of sp³-hybridized carbons (Fsp3) is 0.143. The number of benzene rings is 1. The lowest BCUT2D eigenvalue weighted by Gasteiger charge is -2.04. The van der Waals surface area contributed by atoms with Crippen molar-refractivity contribution in [1.29, 1.82) is 0 Å². The summed E-state index contributed by atoms with van der Waals surface area (Å²) in [5, 5.41) is 4.81. The van der Waals surface area contributed by atoms with Gasteiger partial charge in [0, 0.05) is 24.1 Å². The van der Waals surface area contributed by atoms with Gasteiger partial charge in [-0.1, -0.05) is 29.8 Å². The molecule has 19 heavy (non-hydrogen) atoms. The minimum absolute atomic E-state index is 0.0960. The van der Waals surface area contributed by atoms with Gasteiger partial charge in [0.2, 0.25) is 5.91 Å². The number of fused-ring (bicyclic) bond motifs is 1. The Labute approximate surface area is 114 Å². The lowest BCUT2D eigenvalue weighted by atomic mass is 10.1. The minimum atomic E-state index is -0.0960. The summed E-state index contributed by atoms with van der Waals surface area (Å²) in [6, 6.07) is 8.13. The molecule has 0 atom stereocenters. The van der Waals surface area contributed by atoms with Crippen molar-refractivity contribution in [3.63, 3.8) is 0 Å². The quantitative estimate of drug-likeness (QED) is 0.777. The SMILES string of the molecule is CC(=O)Nc1c(-c2ccc(C)cc2)nc2sccn12. The monoisotopic (exact) mass is 271 g/mol. The number of amides is 1. The van der Waals surface area contributed by atoms with E-state index in [1.165, 1.54) is 12.5 Å². The first-order chi connectivity index (χ1) is 9.15. The fourth-order valence-electron chi connectivity index (χ4n) is 1.98. The Kier molecular flexibility index (Phi) is 2.83. The molecule has 1 N–H and O–H groups in total. The van der Waals surface area contributed by atoms with E-state index in [4.69, 9.17) is 0 Å². The molecule has 2 aromatic heterocycles. The van der Waals surface area contributed by atoms with Crippen molar-refractivity contribution in [2.24, 2.45) is 0 Å². The minimum Gasteiger partial charge on any atom is -0.310 e. The van der Waals surface area contributed by atoms with Crippen LogP contribution in [0.2, 0.25) is 0 Å². The smallest absolute Gasteiger partial charge is 0.222 e. The van der Waals surface area contributed by atoms with Crippen LogP contribution in [-0.4, -0.2) is 15.3 Å². The van der Waals surface area contributed by atoms with E-state index >= 15 is 0 Å². The summed E-state index contributed by atoms with van der Waals surface area (Å²) in [6.45, 7) is 3.55. The number of hydrogen-bond donors (Lipinski definition) is 1. The van der Waals surface area contributed by atoms with Crippen molar-refractivity contribution < 1.29 is 4.79 Å². The molecule has 0 fully saturated rings. The van der Waals surface area contributed by atoms with Gasteiger partial charge in [0.25, 0.3) is 0 Å². The van der Waals surface area contributed by atoms with Crippen LogP contribution >= 0.6 is 11.3 Å². The van der Waals surface area contributed by atoms with E-state index in [2.05, 4.69) is 10.3 Å². The van der Waals surface area contributed by atoms with Gasteiger partial charge in [-0.15, -0.1) is 11.3 Å². The second-order valence-electron chi connectivity index (χ2n) is 4.41. The molecule has 4 nitrogen and oxygen atoms in total. The Balaban J connectivity index is 2.18. The van der Waals surface area contributed by atoms with Crippen LogP contribution in [0.15, 0.2) is 35.8 Å². The first-order valence-corrected chi connectivity index (χ1v) is 6.83. The molecule has 2 heterocycles. The molecule has 0 aliphatic rings. The Morgan fingerprint density at radius 3 is 2.74 bits per heavy atom. The second-order valence-corrected chi connectivity index (χ2v) is 5.28. The number of rotatable bonds is 2. The Morgan fingerprint density at radius 2 is 2.05 bits per heavy atom. The Hall–Kier alpha value is -2.14. The van der Waals surface area contributed by atoms with Crippen LogP contribution in [0.1, 0.15) is 12.5 Å². The van der Waals surface area contributed by atoms with Crippen LogP contribution in [0.3, 0.4) is 0 Å². The summed E-state index contributed by atoms with van der Waals surface area (Å²) in [7, 11) is 0. The molecule has 0 radical (unpaired) electrons. The maximum absolute atomic E-state index is 11.4. The highest BCUT2D eigenvalue weighted by Crippen LogP contribution is 2.30. The van der Waals surface area contributed by atoms with Gasteiger partial charge in [-0.2, -0.15) is 0 Å². The van der Waals surface area contributed by atoms with E-state index in [1.54, 1.807) is 11.3 Å². The van der Waals surface area contributed by atoms with Gasteiger partial charge in [-0.25, -0.2) is 4.98 Å². The molecule has 3 aromatic rings. The summed E-state index contributed by atoms with van der Waals surface area (Å²) < 4.78 is 1.90. The average Bonchev–Trinajstić information content (AvgIpc) is 2.93. The zero-order chi connectivity index (χ0) is 13.4. The molecule has 1 amide bonds. The van der Waals surface area contributed by atoms with Gasteiger partial charge in [-0.05, 0) is 6.92 Å². The van der Waals surface area contributed by atoms with E-state index in [0.717, 1.165) is 22.0 Å². The zero-order valence-corrected chi connectivity index (χ0v) is 11.5. The van der Waals surface area contributed by atoms with Crippen molar-refractivity contribution in [2.45, 2.75) is 13.8 Å². The van der Waals surface area contributed by atoms with Crippen molar-refractivity contribution in [3.05, 3.63) is 41.4 Å². The van der Waals surface area contributed by atoms with E-state index in [9.17, 15) is 4.79 Å². The molecule has 0 saturated carbocycles. The topological polar surface area (TPSA) is 46.4 Å². The predicted molar refractivity (Wildman–Crippen MR) is 77.5 cm³/mol. The number of hydrogen-bond acceptors (Lipinski definition) is 3. The number of carbonyl (C=O) groups is 1. The van der Waals surface area contributed by atoms with E-state index in [0.29, 0.717) is 0 Å². The summed E-state index contributed by atoms with van der Waals surface area (Å²) in [5.74, 6) is 0.633. The molecule has 0 unspecified atom stereocenters. The van der Waals surface area contributed by atoms with Gasteiger partial charge < -0.3 is 5.32 Å². The lowest BCUT2D eigenvalue weighted by Crippen LogP contribution is -2.08. The van der Waals surface area contributed by atoms with Crippen molar-refractivity contribution in [3.8, 4) is 11.3 Å². The average molecular weight is 271 g/mol. The Bertz CT molecular complexity index is 740. The molecule has 0 saturated heterocycles. The van der Waals surface area contributed by atoms with Crippen LogP contribution in [-0.2, 0) is 4.79 Å². The molecule has 0 bridgehead atoms. The summed E-state index contributed by atoms with van der Waals surface area (Å²) in [4.78, 5) is 16.8. The zero-order valence-electron chi connectivity index (χ0n) is 10.7. The number of nitrogens with one attached hydrogen (secondary N) is 1. The molecule has 0 aliphatic heterocycles. The molecule has 0 aliphatic carbocycles. The van der Waals surface area contributed by atoms with Gasteiger partial charge in [-0.3, -0.25) is 9.20 Å². The molecule has 96 valence electrons. The fourth-order valence-corrected chi connectivity index (χ4v) is 2.70. The molecule has 3 rings (SSSR count). The predicted octanol–water partition coefficient (Wildman–Crippen LogP) is 3.33. The number of thiazole rings is 1. The molecule has 0 spiro atoms. The van der Waals surface area contributed by atoms with Crippen molar-refractivity contribution in [2.75, 3.05) is 5.32 Å². The highest BCUT2D eigenvalue weighted by Gasteiger charge is 2.15. The third-order valence-electron chi connectivity index (χ3n) is 2.88. The maximum Gasteiger partial charge on any atom is 0.222 e. The number of carbonyl (C=O) groups excluding carboxylic acids is 1. The van der Waals surface area contributed by atoms with E-state index < -0.39 is 0 Å². The van der Waals surface area contributed by atoms with Crippen molar-refractivity contribution in [1.82, 2.24) is 9.38 Å². The summed E-state index contributed by atoms with van der Waals surface area (Å²) in [5.41, 5.74) is 3.01. The van der Waals surface area contributed by atoms with Gasteiger partial charge in [0.1, 0.15) is 11.5 Å². The normalized spacial score (nSPS) is 10.8. The van der Waals surface area contributed by atoms with Gasteiger partial charge in [0.05, 0.1) is 0 Å². The summed E-state index contributed by atoms with van der Waals surface area (Å²) >= 11 is 1.55. The lowest BCUT2D eigenvalue weighted by molar-refractivity contribution is -0.114. The third-order valence-corrected chi connectivity index (χ3v) is 3.64. The van der Waals surface area contributed by atoms with Crippen LogP contribution < -0.4 is 5.32 Å². The van der Waals surface area contributed by atoms with Crippen LogP contribution in [0.5, 0.6) is 0 Å². The van der Waals surface area contributed by atoms with Crippen molar-refractivity contribution >= 4 is 28.0 Å². The molecule has 1 aromatic carbocycles. The summed E-state index contributed by atoms with van der Waals surface area (Å²) in [6.07, 6.45) is 1.91. The number of anilines is 1. The standard InChI is InChI=1S/C14H13N3OS/c1-9-3-5-11(6-4-9)12-13(15-10(2)18)17-7-8-19-14(17)16-12/h3-8H,1-2H3,(H,15,18). The van der Waals surface area contributed by atoms with Crippen LogP contribution in [0.25, 0.3) is 16.2 Å².